The van der Waals surface area contributed by atoms with Crippen LogP contribution < -0.4 is 0 Å². The summed E-state index contributed by atoms with van der Waals surface area (Å²) in [6.07, 6.45) is 1.63. The van der Waals surface area contributed by atoms with Gasteiger partial charge in [0.05, 0.1) is 5.69 Å². The number of likely N-dealkylation sites (N-methyl/N-ethyl adjacent to an activating group) is 1. The van der Waals surface area contributed by atoms with Crippen LogP contribution in [0.4, 0.5) is 5.69 Å². The Morgan fingerprint density at radius 3 is 2.94 bits per heavy atom. The smallest absolute Gasteiger partial charge is 0.254 e. The van der Waals surface area contributed by atoms with Gasteiger partial charge < -0.3 is 4.90 Å². The minimum Gasteiger partial charge on any atom is -0.338 e. The van der Waals surface area contributed by atoms with Crippen molar-refractivity contribution < 1.29 is 4.79 Å². The van der Waals surface area contributed by atoms with Gasteiger partial charge in [-0.1, -0.05) is 29.4 Å². The molecule has 82 valence electrons. The fraction of sp³-hybridized carbons (Fsp3) is 0.182. The summed E-state index contributed by atoms with van der Waals surface area (Å²) in [5.74, 6) is -0.192. The number of hydrogen-bond donors (Lipinski definition) is 0. The predicted octanol–water partition coefficient (Wildman–Crippen LogP) is 2.89. The fourth-order valence-corrected chi connectivity index (χ4v) is 1.27. The van der Waals surface area contributed by atoms with Crippen LogP contribution in [0.1, 0.15) is 10.4 Å². The van der Waals surface area contributed by atoms with Gasteiger partial charge in [0, 0.05) is 24.1 Å². The van der Waals surface area contributed by atoms with E-state index in [0.717, 1.165) is 0 Å². The van der Waals surface area contributed by atoms with Gasteiger partial charge in [-0.15, -0.1) is 6.58 Å². The van der Waals surface area contributed by atoms with Crippen molar-refractivity contribution in [3.63, 3.8) is 0 Å². The van der Waals surface area contributed by atoms with E-state index in [1.165, 1.54) is 4.90 Å². The summed E-state index contributed by atoms with van der Waals surface area (Å²) in [5, 5.41) is 3.48. The van der Waals surface area contributed by atoms with Gasteiger partial charge in [0.1, 0.15) is 0 Å². The number of benzene rings is 1. The van der Waals surface area contributed by atoms with E-state index < -0.39 is 0 Å². The van der Waals surface area contributed by atoms with Crippen LogP contribution in [-0.4, -0.2) is 24.4 Å². The largest absolute Gasteiger partial charge is 0.338 e. The Balaban J connectivity index is 3.07. The average Bonchev–Trinajstić information content (AvgIpc) is 2.29. The lowest BCUT2D eigenvalue weighted by atomic mass is 10.1. The molecule has 0 unspecified atom stereocenters. The van der Waals surface area contributed by atoms with Crippen molar-refractivity contribution >= 4 is 11.6 Å². The highest BCUT2D eigenvalue weighted by Crippen LogP contribution is 2.20. The number of azide groups is 1. The SMILES string of the molecule is C=CCN(C)C(=O)c1ccccc1N=[N+]=[N-]. The van der Waals surface area contributed by atoms with Crippen molar-refractivity contribution in [1.29, 1.82) is 0 Å². The monoisotopic (exact) mass is 216 g/mol. The maximum Gasteiger partial charge on any atom is 0.254 e. The molecule has 1 aromatic carbocycles. The summed E-state index contributed by atoms with van der Waals surface area (Å²) in [6.45, 7) is 4.01. The topological polar surface area (TPSA) is 69.1 Å². The molecule has 0 spiro atoms. The van der Waals surface area contributed by atoms with Crippen LogP contribution in [0.3, 0.4) is 0 Å². The van der Waals surface area contributed by atoms with Crippen LogP contribution in [0.5, 0.6) is 0 Å². The molecule has 0 radical (unpaired) electrons. The Hall–Kier alpha value is -2.26. The van der Waals surface area contributed by atoms with E-state index in [2.05, 4.69) is 16.6 Å². The van der Waals surface area contributed by atoms with Gasteiger partial charge in [0.15, 0.2) is 0 Å². The molecule has 0 aliphatic heterocycles. The summed E-state index contributed by atoms with van der Waals surface area (Å²) in [6, 6.07) is 6.68. The number of carbonyl (C=O) groups is 1. The molecule has 0 aliphatic rings. The third kappa shape index (κ3) is 2.62. The first-order chi connectivity index (χ1) is 7.70. The van der Waals surface area contributed by atoms with Crippen molar-refractivity contribution in [2.75, 3.05) is 13.6 Å². The zero-order chi connectivity index (χ0) is 12.0. The summed E-state index contributed by atoms with van der Waals surface area (Å²) in [7, 11) is 1.66. The number of nitrogens with zero attached hydrogens (tertiary/aromatic N) is 4. The third-order valence-electron chi connectivity index (χ3n) is 2.04. The van der Waals surface area contributed by atoms with Crippen LogP contribution in [0.2, 0.25) is 0 Å². The van der Waals surface area contributed by atoms with E-state index in [-0.39, 0.29) is 5.91 Å². The highest BCUT2D eigenvalue weighted by molar-refractivity contribution is 5.98. The molecule has 1 amide bonds. The number of amides is 1. The lowest BCUT2D eigenvalue weighted by Crippen LogP contribution is -2.26. The van der Waals surface area contributed by atoms with Crippen molar-refractivity contribution in [3.05, 3.63) is 52.9 Å². The summed E-state index contributed by atoms with van der Waals surface area (Å²) >= 11 is 0. The third-order valence-corrected chi connectivity index (χ3v) is 2.04. The molecule has 0 fully saturated rings. The molecule has 0 saturated heterocycles. The zero-order valence-corrected chi connectivity index (χ0v) is 9.00. The van der Waals surface area contributed by atoms with Gasteiger partial charge >= 0.3 is 0 Å². The molecule has 0 bridgehead atoms. The van der Waals surface area contributed by atoms with Crippen LogP contribution in [0.15, 0.2) is 42.0 Å². The second kappa shape index (κ2) is 5.58. The zero-order valence-electron chi connectivity index (χ0n) is 9.00. The maximum atomic E-state index is 11.9. The second-order valence-electron chi connectivity index (χ2n) is 3.18. The molecule has 0 N–H and O–H groups in total. The highest BCUT2D eigenvalue weighted by atomic mass is 16.2. The number of rotatable bonds is 4. The van der Waals surface area contributed by atoms with Crippen LogP contribution in [-0.2, 0) is 0 Å². The van der Waals surface area contributed by atoms with Gasteiger partial charge in [0.2, 0.25) is 0 Å². The van der Waals surface area contributed by atoms with Gasteiger partial charge in [-0.05, 0) is 11.6 Å². The van der Waals surface area contributed by atoms with Crippen LogP contribution >= 0.6 is 0 Å². The van der Waals surface area contributed by atoms with E-state index in [9.17, 15) is 4.79 Å². The molecule has 0 heterocycles. The molecule has 1 rings (SSSR count). The van der Waals surface area contributed by atoms with E-state index >= 15 is 0 Å². The fourth-order valence-electron chi connectivity index (χ4n) is 1.27. The minimum atomic E-state index is -0.192. The first kappa shape index (κ1) is 11.8. The molecule has 16 heavy (non-hydrogen) atoms. The van der Waals surface area contributed by atoms with Crippen LogP contribution in [0, 0.1) is 0 Å². The van der Waals surface area contributed by atoms with Gasteiger partial charge in [-0.25, -0.2) is 0 Å². The van der Waals surface area contributed by atoms with E-state index in [1.54, 1.807) is 37.4 Å². The van der Waals surface area contributed by atoms with Crippen molar-refractivity contribution in [3.8, 4) is 0 Å². The van der Waals surface area contributed by atoms with Crippen molar-refractivity contribution in [2.24, 2.45) is 5.11 Å². The number of carbonyl (C=O) groups excluding carboxylic acids is 1. The van der Waals surface area contributed by atoms with Gasteiger partial charge in [0.25, 0.3) is 5.91 Å². The quantitative estimate of drug-likeness (QED) is 0.330. The van der Waals surface area contributed by atoms with Crippen molar-refractivity contribution in [1.82, 2.24) is 4.90 Å². The first-order valence-corrected chi connectivity index (χ1v) is 4.71. The second-order valence-corrected chi connectivity index (χ2v) is 3.18. The standard InChI is InChI=1S/C11H12N4O/c1-3-8-15(2)11(16)9-6-4-5-7-10(9)13-14-12/h3-7H,1,8H2,2H3. The summed E-state index contributed by atoms with van der Waals surface area (Å²) in [4.78, 5) is 16.1. The molecular weight excluding hydrogens is 204 g/mol. The van der Waals surface area contributed by atoms with E-state index in [0.29, 0.717) is 17.8 Å². The van der Waals surface area contributed by atoms with E-state index in [1.807, 2.05) is 0 Å². The van der Waals surface area contributed by atoms with Gasteiger partial charge in [-0.2, -0.15) is 0 Å². The minimum absolute atomic E-state index is 0.192. The Morgan fingerprint density at radius 2 is 2.31 bits per heavy atom. The predicted molar refractivity (Wildman–Crippen MR) is 62.4 cm³/mol. The molecule has 0 atom stereocenters. The summed E-state index contributed by atoms with van der Waals surface area (Å²) in [5.41, 5.74) is 9.12. The Kier molecular flexibility index (Phi) is 4.12. The molecule has 0 saturated carbocycles. The highest BCUT2D eigenvalue weighted by Gasteiger charge is 2.13. The lowest BCUT2D eigenvalue weighted by molar-refractivity contribution is 0.0811. The van der Waals surface area contributed by atoms with Crippen LogP contribution in [0.25, 0.3) is 10.4 Å². The molecular formula is C11H12N4O. The normalized spacial score (nSPS) is 9.06. The Bertz CT molecular complexity index is 449. The maximum absolute atomic E-state index is 11.9. The Labute approximate surface area is 93.6 Å². The molecule has 5 heteroatoms. The van der Waals surface area contributed by atoms with Gasteiger partial charge in [-0.3, -0.25) is 4.79 Å². The average molecular weight is 216 g/mol. The molecule has 0 aromatic heterocycles. The molecule has 1 aromatic rings. The molecule has 5 nitrogen and oxygen atoms in total. The Morgan fingerprint density at radius 1 is 1.62 bits per heavy atom. The lowest BCUT2D eigenvalue weighted by Gasteiger charge is -2.15. The molecule has 0 aliphatic carbocycles. The van der Waals surface area contributed by atoms with E-state index in [4.69, 9.17) is 5.53 Å². The number of hydrogen-bond acceptors (Lipinski definition) is 2. The summed E-state index contributed by atoms with van der Waals surface area (Å²) < 4.78 is 0. The van der Waals surface area contributed by atoms with Crippen molar-refractivity contribution in [2.45, 2.75) is 0 Å². The first-order valence-electron chi connectivity index (χ1n) is 4.71.